The summed E-state index contributed by atoms with van der Waals surface area (Å²) in [5, 5.41) is 8.97. The molecule has 0 aliphatic rings. The number of halogens is 1. The monoisotopic (exact) mass is 225 g/mol. The normalized spacial score (nSPS) is 12.2. The van der Waals surface area contributed by atoms with Crippen molar-refractivity contribution >= 4 is 11.7 Å². The summed E-state index contributed by atoms with van der Waals surface area (Å²) in [6.45, 7) is 4.02. The van der Waals surface area contributed by atoms with Crippen molar-refractivity contribution < 1.29 is 14.3 Å². The van der Waals surface area contributed by atoms with Gasteiger partial charge in [0.25, 0.3) is 0 Å². The van der Waals surface area contributed by atoms with Gasteiger partial charge in [0.2, 0.25) is 0 Å². The Bertz CT molecular complexity index is 368. The highest BCUT2D eigenvalue weighted by Gasteiger charge is 2.22. The molecule has 0 bridgehead atoms. The third-order valence-electron chi connectivity index (χ3n) is 2.45. The molecule has 0 aliphatic carbocycles. The minimum atomic E-state index is -0.947. The van der Waals surface area contributed by atoms with Crippen LogP contribution in [0.25, 0.3) is 0 Å². The van der Waals surface area contributed by atoms with Crippen LogP contribution in [0.1, 0.15) is 20.3 Å². The molecule has 1 aromatic rings. The second-order valence-electron chi connectivity index (χ2n) is 3.66. The first-order valence-corrected chi connectivity index (χ1v) is 5.32. The van der Waals surface area contributed by atoms with Crippen molar-refractivity contribution in [2.45, 2.75) is 26.3 Å². The lowest BCUT2D eigenvalue weighted by Crippen LogP contribution is -2.40. The van der Waals surface area contributed by atoms with Crippen LogP contribution < -0.4 is 4.90 Å². The number of nitrogens with zero attached hydrogens (tertiary/aromatic N) is 1. The fraction of sp³-hybridized carbons (Fsp3) is 0.417. The molecule has 0 heterocycles. The zero-order valence-corrected chi connectivity index (χ0v) is 9.48. The minimum Gasteiger partial charge on any atom is -0.480 e. The highest BCUT2D eigenvalue weighted by atomic mass is 19.1. The molecular formula is C12H16FNO2. The molecule has 1 N–H and O–H groups in total. The van der Waals surface area contributed by atoms with E-state index in [1.165, 1.54) is 6.07 Å². The number of carboxylic acids is 1. The zero-order valence-electron chi connectivity index (χ0n) is 9.48. The van der Waals surface area contributed by atoms with Gasteiger partial charge in [-0.2, -0.15) is 0 Å². The van der Waals surface area contributed by atoms with Crippen molar-refractivity contribution in [1.82, 2.24) is 0 Å². The van der Waals surface area contributed by atoms with E-state index in [9.17, 15) is 9.18 Å². The fourth-order valence-corrected chi connectivity index (χ4v) is 1.58. The van der Waals surface area contributed by atoms with Gasteiger partial charge in [0.1, 0.15) is 11.9 Å². The Morgan fingerprint density at radius 3 is 2.62 bits per heavy atom. The average Bonchev–Trinajstić information content (AvgIpc) is 2.26. The van der Waals surface area contributed by atoms with Gasteiger partial charge in [-0.3, -0.25) is 0 Å². The van der Waals surface area contributed by atoms with Gasteiger partial charge in [0, 0.05) is 6.54 Å². The number of carbonyl (C=O) groups is 1. The molecule has 3 nitrogen and oxygen atoms in total. The largest absolute Gasteiger partial charge is 0.480 e. The topological polar surface area (TPSA) is 40.5 Å². The summed E-state index contributed by atoms with van der Waals surface area (Å²) in [4.78, 5) is 12.5. The van der Waals surface area contributed by atoms with Crippen LogP contribution in [0.2, 0.25) is 0 Å². The minimum absolute atomic E-state index is 0.347. The van der Waals surface area contributed by atoms with Crippen LogP contribution in [0.3, 0.4) is 0 Å². The Morgan fingerprint density at radius 1 is 1.50 bits per heavy atom. The molecule has 0 aromatic heterocycles. The Labute approximate surface area is 94.5 Å². The number of carboxylic acid groups (broad SMARTS) is 1. The number of para-hydroxylation sites is 1. The third kappa shape index (κ3) is 2.72. The summed E-state index contributed by atoms with van der Waals surface area (Å²) in [6, 6.07) is 5.51. The Kier molecular flexibility index (Phi) is 4.28. The van der Waals surface area contributed by atoms with Gasteiger partial charge in [-0.1, -0.05) is 19.1 Å². The first-order chi connectivity index (χ1) is 7.57. The van der Waals surface area contributed by atoms with E-state index in [1.54, 1.807) is 30.0 Å². The molecule has 88 valence electrons. The molecule has 0 spiro atoms. The van der Waals surface area contributed by atoms with E-state index < -0.39 is 12.0 Å². The number of hydrogen-bond acceptors (Lipinski definition) is 2. The molecular weight excluding hydrogens is 209 g/mol. The molecule has 0 saturated carbocycles. The van der Waals surface area contributed by atoms with E-state index in [0.717, 1.165) is 6.42 Å². The van der Waals surface area contributed by atoms with Crippen molar-refractivity contribution in [1.29, 1.82) is 0 Å². The van der Waals surface area contributed by atoms with E-state index in [1.807, 2.05) is 6.92 Å². The fourth-order valence-electron chi connectivity index (χ4n) is 1.58. The lowest BCUT2D eigenvalue weighted by atomic mass is 10.2. The van der Waals surface area contributed by atoms with Crippen LogP contribution >= 0.6 is 0 Å². The Hall–Kier alpha value is -1.58. The molecule has 0 radical (unpaired) electrons. The van der Waals surface area contributed by atoms with Crippen LogP contribution in [-0.4, -0.2) is 23.7 Å². The summed E-state index contributed by atoms with van der Waals surface area (Å²) in [5.74, 6) is -1.33. The summed E-state index contributed by atoms with van der Waals surface area (Å²) in [6.07, 6.45) is 0.770. The summed E-state index contributed by atoms with van der Waals surface area (Å²) < 4.78 is 13.6. The maximum absolute atomic E-state index is 13.6. The maximum atomic E-state index is 13.6. The highest BCUT2D eigenvalue weighted by Crippen LogP contribution is 2.21. The van der Waals surface area contributed by atoms with Crippen molar-refractivity contribution in [3.05, 3.63) is 30.1 Å². The van der Waals surface area contributed by atoms with Crippen molar-refractivity contribution in [2.24, 2.45) is 0 Å². The number of hydrogen-bond donors (Lipinski definition) is 1. The van der Waals surface area contributed by atoms with Crippen LogP contribution in [0.5, 0.6) is 0 Å². The highest BCUT2D eigenvalue weighted by molar-refractivity contribution is 5.77. The zero-order chi connectivity index (χ0) is 12.1. The molecule has 1 aromatic carbocycles. The van der Waals surface area contributed by atoms with E-state index in [4.69, 9.17) is 5.11 Å². The summed E-state index contributed by atoms with van der Waals surface area (Å²) >= 11 is 0. The molecule has 0 amide bonds. The van der Waals surface area contributed by atoms with Crippen molar-refractivity contribution in [3.8, 4) is 0 Å². The smallest absolute Gasteiger partial charge is 0.326 e. The standard InChI is InChI=1S/C12H16FNO2/c1-3-8-14(9(2)12(15)16)11-7-5-4-6-10(11)13/h4-7,9H,3,8H2,1-2H3,(H,15,16)/t9-/m0/s1. The van der Waals surface area contributed by atoms with Gasteiger partial charge in [0.15, 0.2) is 0 Å². The van der Waals surface area contributed by atoms with E-state index in [0.29, 0.717) is 12.2 Å². The molecule has 1 atom stereocenters. The SMILES string of the molecule is CCCN(c1ccccc1F)[C@@H](C)C(=O)O. The van der Waals surface area contributed by atoms with Crippen molar-refractivity contribution in [3.63, 3.8) is 0 Å². The molecule has 0 aliphatic heterocycles. The van der Waals surface area contributed by atoms with E-state index in [2.05, 4.69) is 0 Å². The second-order valence-corrected chi connectivity index (χ2v) is 3.66. The second kappa shape index (κ2) is 5.49. The Balaban J connectivity index is 3.02. The molecule has 4 heteroatoms. The first-order valence-electron chi connectivity index (χ1n) is 5.32. The predicted molar refractivity (Wildman–Crippen MR) is 61.1 cm³/mol. The third-order valence-corrected chi connectivity index (χ3v) is 2.45. The molecule has 16 heavy (non-hydrogen) atoms. The molecule has 0 fully saturated rings. The van der Waals surface area contributed by atoms with E-state index >= 15 is 0 Å². The summed E-state index contributed by atoms with van der Waals surface area (Å²) in [5.41, 5.74) is 0.347. The van der Waals surface area contributed by atoms with Crippen LogP contribution in [-0.2, 0) is 4.79 Å². The van der Waals surface area contributed by atoms with Crippen LogP contribution in [0.15, 0.2) is 24.3 Å². The first kappa shape index (κ1) is 12.5. The predicted octanol–water partition coefficient (Wildman–Crippen LogP) is 2.52. The van der Waals surface area contributed by atoms with Gasteiger partial charge in [-0.05, 0) is 25.5 Å². The average molecular weight is 225 g/mol. The van der Waals surface area contributed by atoms with Crippen LogP contribution in [0, 0.1) is 5.82 Å². The molecule has 0 saturated heterocycles. The summed E-state index contributed by atoms with van der Waals surface area (Å²) in [7, 11) is 0. The quantitative estimate of drug-likeness (QED) is 0.837. The van der Waals surface area contributed by atoms with E-state index in [-0.39, 0.29) is 5.82 Å². The van der Waals surface area contributed by atoms with Gasteiger partial charge < -0.3 is 10.0 Å². The van der Waals surface area contributed by atoms with Gasteiger partial charge in [-0.25, -0.2) is 9.18 Å². The number of anilines is 1. The van der Waals surface area contributed by atoms with Gasteiger partial charge in [-0.15, -0.1) is 0 Å². The lowest BCUT2D eigenvalue weighted by Gasteiger charge is -2.28. The number of benzene rings is 1. The molecule has 0 unspecified atom stereocenters. The number of aliphatic carboxylic acids is 1. The molecule has 1 rings (SSSR count). The van der Waals surface area contributed by atoms with Gasteiger partial charge >= 0.3 is 5.97 Å². The Morgan fingerprint density at radius 2 is 2.12 bits per heavy atom. The van der Waals surface area contributed by atoms with Crippen LogP contribution in [0.4, 0.5) is 10.1 Å². The lowest BCUT2D eigenvalue weighted by molar-refractivity contribution is -0.138. The van der Waals surface area contributed by atoms with Crippen molar-refractivity contribution in [2.75, 3.05) is 11.4 Å². The van der Waals surface area contributed by atoms with Gasteiger partial charge in [0.05, 0.1) is 5.69 Å². The number of rotatable bonds is 5. The maximum Gasteiger partial charge on any atom is 0.326 e.